The molecule has 0 spiro atoms. The summed E-state index contributed by atoms with van der Waals surface area (Å²) in [7, 11) is 0. The molecule has 0 aliphatic carbocycles. The lowest BCUT2D eigenvalue weighted by molar-refractivity contribution is 0.141. The molecule has 1 N–H and O–H groups in total. The summed E-state index contributed by atoms with van der Waals surface area (Å²) in [6.45, 7) is 12.2. The van der Waals surface area contributed by atoms with Crippen LogP contribution in [0.1, 0.15) is 51.7 Å². The van der Waals surface area contributed by atoms with Crippen molar-refractivity contribution >= 4 is 0 Å². The Hall–Kier alpha value is -1.02. The van der Waals surface area contributed by atoms with Crippen molar-refractivity contribution in [2.24, 2.45) is 0 Å². The molecule has 1 saturated heterocycles. The Bertz CT molecular complexity index is 433. The Kier molecular flexibility index (Phi) is 4.19. The van der Waals surface area contributed by atoms with E-state index in [1.54, 1.807) is 0 Å². The van der Waals surface area contributed by atoms with E-state index >= 15 is 0 Å². The summed E-state index contributed by atoms with van der Waals surface area (Å²) < 4.78 is 6.32. The number of hydrogen-bond acceptors (Lipinski definition) is 2. The first kappa shape index (κ1) is 14.4. The van der Waals surface area contributed by atoms with E-state index in [9.17, 15) is 0 Å². The van der Waals surface area contributed by atoms with Crippen LogP contribution in [0.5, 0.6) is 5.75 Å². The van der Waals surface area contributed by atoms with Crippen molar-refractivity contribution in [3.63, 3.8) is 0 Å². The Balaban J connectivity index is 2.21. The van der Waals surface area contributed by atoms with Gasteiger partial charge in [0.15, 0.2) is 0 Å². The predicted molar refractivity (Wildman–Crippen MR) is 81.0 cm³/mol. The lowest BCUT2D eigenvalue weighted by atomic mass is 9.86. The van der Waals surface area contributed by atoms with E-state index in [4.69, 9.17) is 4.74 Å². The molecule has 106 valence electrons. The van der Waals surface area contributed by atoms with E-state index in [1.165, 1.54) is 11.1 Å². The lowest BCUT2D eigenvalue weighted by Crippen LogP contribution is -2.40. The van der Waals surface area contributed by atoms with Crippen molar-refractivity contribution in [1.29, 1.82) is 0 Å². The van der Waals surface area contributed by atoms with Crippen LogP contribution in [0.25, 0.3) is 0 Å². The minimum absolute atomic E-state index is 0.127. The minimum Gasteiger partial charge on any atom is -0.490 e. The molecule has 2 rings (SSSR count). The highest BCUT2D eigenvalue weighted by atomic mass is 16.5. The largest absolute Gasteiger partial charge is 0.490 e. The molecular formula is C17H27NO. The van der Waals surface area contributed by atoms with Gasteiger partial charge in [0.2, 0.25) is 0 Å². The molecule has 2 heteroatoms. The minimum atomic E-state index is 0.127. The second-order valence-corrected chi connectivity index (χ2v) is 6.87. The average Bonchev–Trinajstić information content (AvgIpc) is 2.27. The van der Waals surface area contributed by atoms with Crippen molar-refractivity contribution in [3.8, 4) is 5.75 Å². The molecule has 0 bridgehead atoms. The maximum atomic E-state index is 6.32. The van der Waals surface area contributed by atoms with E-state index in [0.717, 1.165) is 25.1 Å². The number of rotatable bonds is 2. The van der Waals surface area contributed by atoms with Gasteiger partial charge in [-0.3, -0.25) is 0 Å². The zero-order valence-corrected chi connectivity index (χ0v) is 12.9. The molecule has 0 amide bonds. The first-order valence-corrected chi connectivity index (χ1v) is 7.37. The van der Waals surface area contributed by atoms with E-state index in [0.29, 0.717) is 12.1 Å². The normalized spacial score (nSPS) is 24.3. The monoisotopic (exact) mass is 261 g/mol. The van der Waals surface area contributed by atoms with Gasteiger partial charge in [-0.2, -0.15) is 0 Å². The number of ether oxygens (including phenoxy) is 1. The SMILES string of the molecule is Cc1ccc(C(C)(C)C)c(OC2CCNC(C)C2)c1. The van der Waals surface area contributed by atoms with E-state index in [2.05, 4.69) is 58.1 Å². The third kappa shape index (κ3) is 3.73. The van der Waals surface area contributed by atoms with E-state index in [1.807, 2.05) is 0 Å². The van der Waals surface area contributed by atoms with Crippen molar-refractivity contribution in [3.05, 3.63) is 29.3 Å². The van der Waals surface area contributed by atoms with Crippen LogP contribution < -0.4 is 10.1 Å². The van der Waals surface area contributed by atoms with Gasteiger partial charge in [0.05, 0.1) is 0 Å². The zero-order chi connectivity index (χ0) is 14.0. The molecular weight excluding hydrogens is 234 g/mol. The molecule has 1 fully saturated rings. The van der Waals surface area contributed by atoms with Gasteiger partial charge >= 0.3 is 0 Å². The fraction of sp³-hybridized carbons (Fsp3) is 0.647. The van der Waals surface area contributed by atoms with Crippen LogP contribution in [0, 0.1) is 6.92 Å². The quantitative estimate of drug-likeness (QED) is 0.874. The van der Waals surface area contributed by atoms with E-state index in [-0.39, 0.29) is 5.41 Å². The molecule has 1 aromatic carbocycles. The Morgan fingerprint density at radius 2 is 2.00 bits per heavy atom. The van der Waals surface area contributed by atoms with Crippen molar-refractivity contribution in [2.45, 2.75) is 65.0 Å². The van der Waals surface area contributed by atoms with Gasteiger partial charge in [-0.05, 0) is 55.8 Å². The summed E-state index contributed by atoms with van der Waals surface area (Å²) in [5.74, 6) is 1.08. The molecule has 0 aromatic heterocycles. The van der Waals surface area contributed by atoms with Crippen molar-refractivity contribution in [2.75, 3.05) is 6.54 Å². The number of hydrogen-bond donors (Lipinski definition) is 1. The highest BCUT2D eigenvalue weighted by Gasteiger charge is 2.24. The Morgan fingerprint density at radius 3 is 2.63 bits per heavy atom. The second-order valence-electron chi connectivity index (χ2n) is 6.87. The van der Waals surface area contributed by atoms with E-state index < -0.39 is 0 Å². The standard InChI is InChI=1S/C17H27NO/c1-12-6-7-15(17(3,4)5)16(10-12)19-14-8-9-18-13(2)11-14/h6-7,10,13-14,18H,8-9,11H2,1-5H3. The maximum absolute atomic E-state index is 6.32. The summed E-state index contributed by atoms with van der Waals surface area (Å²) in [5, 5.41) is 3.47. The summed E-state index contributed by atoms with van der Waals surface area (Å²) >= 11 is 0. The van der Waals surface area contributed by atoms with Gasteiger partial charge < -0.3 is 10.1 Å². The predicted octanol–water partition coefficient (Wildman–Crippen LogP) is 3.81. The van der Waals surface area contributed by atoms with Gasteiger partial charge in [-0.1, -0.05) is 32.9 Å². The highest BCUT2D eigenvalue weighted by Crippen LogP contribution is 2.33. The maximum Gasteiger partial charge on any atom is 0.123 e. The second kappa shape index (κ2) is 5.54. The molecule has 2 unspecified atom stereocenters. The third-order valence-electron chi connectivity index (χ3n) is 3.81. The molecule has 1 aliphatic heterocycles. The fourth-order valence-electron chi connectivity index (χ4n) is 2.72. The van der Waals surface area contributed by atoms with Crippen LogP contribution >= 0.6 is 0 Å². The van der Waals surface area contributed by atoms with Crippen LogP contribution in [0.15, 0.2) is 18.2 Å². The van der Waals surface area contributed by atoms with Crippen molar-refractivity contribution in [1.82, 2.24) is 5.32 Å². The van der Waals surface area contributed by atoms with Gasteiger partial charge in [0.25, 0.3) is 0 Å². The van der Waals surface area contributed by atoms with Crippen LogP contribution in [-0.4, -0.2) is 18.7 Å². The summed E-state index contributed by atoms with van der Waals surface area (Å²) in [5.41, 5.74) is 2.70. The number of benzene rings is 1. The molecule has 1 aromatic rings. The Morgan fingerprint density at radius 1 is 1.26 bits per heavy atom. The van der Waals surface area contributed by atoms with Crippen molar-refractivity contribution < 1.29 is 4.74 Å². The Labute approximate surface area is 117 Å². The molecule has 2 nitrogen and oxygen atoms in total. The number of aryl methyl sites for hydroxylation is 1. The van der Waals surface area contributed by atoms with Gasteiger partial charge in [-0.15, -0.1) is 0 Å². The zero-order valence-electron chi connectivity index (χ0n) is 12.9. The first-order chi connectivity index (χ1) is 8.86. The molecule has 1 aliphatic rings. The molecule has 2 atom stereocenters. The molecule has 1 heterocycles. The van der Waals surface area contributed by atoms with Gasteiger partial charge in [-0.25, -0.2) is 0 Å². The highest BCUT2D eigenvalue weighted by molar-refractivity contribution is 5.41. The first-order valence-electron chi connectivity index (χ1n) is 7.37. The number of piperidine rings is 1. The summed E-state index contributed by atoms with van der Waals surface area (Å²) in [6, 6.07) is 7.14. The van der Waals surface area contributed by atoms with Crippen LogP contribution in [0.4, 0.5) is 0 Å². The topological polar surface area (TPSA) is 21.3 Å². The van der Waals surface area contributed by atoms with Crippen LogP contribution in [0.3, 0.4) is 0 Å². The fourth-order valence-corrected chi connectivity index (χ4v) is 2.72. The molecule has 0 saturated carbocycles. The third-order valence-corrected chi connectivity index (χ3v) is 3.81. The molecule has 0 radical (unpaired) electrons. The molecule has 19 heavy (non-hydrogen) atoms. The number of nitrogens with one attached hydrogen (secondary N) is 1. The van der Waals surface area contributed by atoms with Gasteiger partial charge in [0.1, 0.15) is 11.9 Å². The smallest absolute Gasteiger partial charge is 0.123 e. The summed E-state index contributed by atoms with van der Waals surface area (Å²) in [6.07, 6.45) is 2.54. The lowest BCUT2D eigenvalue weighted by Gasteiger charge is -2.31. The average molecular weight is 261 g/mol. The summed E-state index contributed by atoms with van der Waals surface area (Å²) in [4.78, 5) is 0. The van der Waals surface area contributed by atoms with Gasteiger partial charge in [0, 0.05) is 6.04 Å². The van der Waals surface area contributed by atoms with Crippen LogP contribution in [0.2, 0.25) is 0 Å². The van der Waals surface area contributed by atoms with Crippen LogP contribution in [-0.2, 0) is 5.41 Å².